The van der Waals surface area contributed by atoms with E-state index in [0.717, 1.165) is 53.6 Å². The van der Waals surface area contributed by atoms with Crippen LogP contribution in [0, 0.1) is 11.8 Å². The SMILES string of the molecule is CN(C)CC(=O)Nc1ccccc1-c1ccc(C[C@H](NC(=O)C2CCC(CN)CC2)C(=O)Nc2ccc(-c3nn[nH]n3)cc2)cc1. The molecule has 12 heteroatoms. The lowest BCUT2D eigenvalue weighted by Crippen LogP contribution is -2.48. The summed E-state index contributed by atoms with van der Waals surface area (Å²) in [7, 11) is 3.70. The van der Waals surface area contributed by atoms with Gasteiger partial charge >= 0.3 is 0 Å². The average molecular weight is 624 g/mol. The van der Waals surface area contributed by atoms with Crippen LogP contribution in [0.2, 0.25) is 0 Å². The van der Waals surface area contributed by atoms with E-state index in [1.54, 1.807) is 24.3 Å². The highest BCUT2D eigenvalue weighted by molar-refractivity contribution is 5.98. The van der Waals surface area contributed by atoms with Crippen molar-refractivity contribution < 1.29 is 14.4 Å². The number of tetrazole rings is 1. The summed E-state index contributed by atoms with van der Waals surface area (Å²) in [5.74, 6) is 0.239. The molecule has 0 saturated heterocycles. The van der Waals surface area contributed by atoms with Crippen LogP contribution < -0.4 is 21.7 Å². The van der Waals surface area contributed by atoms with Gasteiger partial charge in [0.25, 0.3) is 0 Å². The maximum Gasteiger partial charge on any atom is 0.247 e. The molecule has 0 spiro atoms. The lowest BCUT2D eigenvalue weighted by atomic mass is 9.81. The standard InChI is InChI=1S/C34H41N9O3/c1-43(2)21-31(44)37-29-6-4-3-5-28(29)24-11-7-22(8-12-24)19-30(38-33(45)26-13-9-23(20-35)10-14-26)34(46)36-27-17-15-25(16-18-27)32-39-41-42-40-32/h3-8,11-12,15-18,23,26,30H,9-10,13-14,19-21,35H2,1-2H3,(H,36,46)(H,37,44)(H,38,45)(H,39,40,41,42)/t23?,26?,30-/m0/s1. The van der Waals surface area contributed by atoms with Crippen LogP contribution in [0.4, 0.5) is 11.4 Å². The van der Waals surface area contributed by atoms with E-state index in [-0.39, 0.29) is 30.2 Å². The molecule has 3 aromatic carbocycles. The van der Waals surface area contributed by atoms with Crippen molar-refractivity contribution in [3.05, 3.63) is 78.4 Å². The number of hydrogen-bond acceptors (Lipinski definition) is 8. The van der Waals surface area contributed by atoms with Gasteiger partial charge in [-0.3, -0.25) is 14.4 Å². The predicted octanol–water partition coefficient (Wildman–Crippen LogP) is 3.46. The van der Waals surface area contributed by atoms with E-state index in [0.29, 0.717) is 30.4 Å². The molecule has 0 unspecified atom stereocenters. The van der Waals surface area contributed by atoms with Crippen molar-refractivity contribution >= 4 is 29.1 Å². The van der Waals surface area contributed by atoms with Gasteiger partial charge < -0.3 is 26.6 Å². The number of nitrogens with two attached hydrogens (primary N) is 1. The molecular formula is C34H41N9O3. The Morgan fingerprint density at radius 1 is 0.913 bits per heavy atom. The lowest BCUT2D eigenvalue weighted by molar-refractivity contribution is -0.130. The third-order valence-electron chi connectivity index (χ3n) is 8.31. The van der Waals surface area contributed by atoms with Gasteiger partial charge in [0.1, 0.15) is 6.04 Å². The van der Waals surface area contributed by atoms with Crippen LogP contribution in [-0.2, 0) is 20.8 Å². The van der Waals surface area contributed by atoms with Gasteiger partial charge in [-0.2, -0.15) is 5.21 Å². The number of H-pyrrole nitrogens is 1. The van der Waals surface area contributed by atoms with Crippen LogP contribution >= 0.6 is 0 Å². The van der Waals surface area contributed by atoms with E-state index < -0.39 is 6.04 Å². The fourth-order valence-electron chi connectivity index (χ4n) is 5.75. The van der Waals surface area contributed by atoms with Crippen LogP contribution in [0.5, 0.6) is 0 Å². The summed E-state index contributed by atoms with van der Waals surface area (Å²) in [4.78, 5) is 41.3. The summed E-state index contributed by atoms with van der Waals surface area (Å²) in [6.45, 7) is 0.910. The first-order valence-electron chi connectivity index (χ1n) is 15.6. The van der Waals surface area contributed by atoms with Gasteiger partial charge in [0, 0.05) is 34.8 Å². The average Bonchev–Trinajstić information content (AvgIpc) is 3.60. The van der Waals surface area contributed by atoms with Gasteiger partial charge in [-0.25, -0.2) is 0 Å². The molecule has 1 atom stereocenters. The van der Waals surface area contributed by atoms with Crippen LogP contribution in [0.1, 0.15) is 31.2 Å². The number of aromatic nitrogens is 4. The Kier molecular flexibility index (Phi) is 10.8. The Bertz CT molecular complexity index is 1600. The molecule has 6 N–H and O–H groups in total. The number of aromatic amines is 1. The number of benzene rings is 3. The molecule has 4 aromatic rings. The molecule has 1 aliphatic carbocycles. The molecule has 5 rings (SSSR count). The Labute approximate surface area is 268 Å². The molecule has 0 bridgehead atoms. The zero-order valence-electron chi connectivity index (χ0n) is 26.2. The van der Waals surface area contributed by atoms with E-state index in [2.05, 4.69) is 36.6 Å². The molecule has 3 amide bonds. The second-order valence-corrected chi connectivity index (χ2v) is 12.0. The van der Waals surface area contributed by atoms with E-state index >= 15 is 0 Å². The van der Waals surface area contributed by atoms with Crippen LogP contribution in [0.25, 0.3) is 22.5 Å². The zero-order chi connectivity index (χ0) is 32.5. The monoisotopic (exact) mass is 623 g/mol. The summed E-state index contributed by atoms with van der Waals surface area (Å²) in [6.07, 6.45) is 3.66. The highest BCUT2D eigenvalue weighted by Crippen LogP contribution is 2.30. The summed E-state index contributed by atoms with van der Waals surface area (Å²) >= 11 is 0. The molecule has 46 heavy (non-hydrogen) atoms. The number of hydrogen-bond donors (Lipinski definition) is 5. The number of carbonyl (C=O) groups is 3. The number of likely N-dealkylation sites (N-methyl/N-ethyl adjacent to an activating group) is 1. The summed E-state index contributed by atoms with van der Waals surface area (Å²) < 4.78 is 0. The molecule has 1 fully saturated rings. The topological polar surface area (TPSA) is 171 Å². The second kappa shape index (κ2) is 15.4. The minimum Gasteiger partial charge on any atom is -0.344 e. The van der Waals surface area contributed by atoms with Gasteiger partial charge in [-0.05, 0) is 98.9 Å². The van der Waals surface area contributed by atoms with Crippen LogP contribution in [0.15, 0.2) is 72.8 Å². The number of carbonyl (C=O) groups excluding carboxylic acids is 3. The molecule has 1 heterocycles. The van der Waals surface area contributed by atoms with Crippen LogP contribution in [-0.4, -0.2) is 76.5 Å². The van der Waals surface area contributed by atoms with Crippen molar-refractivity contribution in [2.75, 3.05) is 37.8 Å². The van der Waals surface area contributed by atoms with Gasteiger partial charge in [0.15, 0.2) is 0 Å². The number of nitrogens with one attached hydrogen (secondary N) is 4. The number of anilines is 2. The van der Waals surface area contributed by atoms with E-state index in [4.69, 9.17) is 5.73 Å². The van der Waals surface area contributed by atoms with Crippen molar-refractivity contribution in [1.29, 1.82) is 0 Å². The number of para-hydroxylation sites is 1. The van der Waals surface area contributed by atoms with E-state index in [1.807, 2.05) is 67.5 Å². The zero-order valence-corrected chi connectivity index (χ0v) is 26.2. The van der Waals surface area contributed by atoms with Gasteiger partial charge in [0.2, 0.25) is 23.5 Å². The highest BCUT2D eigenvalue weighted by atomic mass is 16.2. The molecule has 0 radical (unpaired) electrons. The fourth-order valence-corrected chi connectivity index (χ4v) is 5.75. The first-order chi connectivity index (χ1) is 22.3. The fraction of sp³-hybridized carbons (Fsp3) is 0.353. The van der Waals surface area contributed by atoms with E-state index in [9.17, 15) is 14.4 Å². The molecule has 1 aliphatic rings. The summed E-state index contributed by atoms with van der Waals surface area (Å²) in [5.41, 5.74) is 10.6. The third-order valence-corrected chi connectivity index (χ3v) is 8.31. The van der Waals surface area contributed by atoms with Gasteiger partial charge in [-0.1, -0.05) is 42.5 Å². The van der Waals surface area contributed by atoms with Crippen LogP contribution in [0.3, 0.4) is 0 Å². The minimum atomic E-state index is -0.792. The normalized spacial score (nSPS) is 16.9. The van der Waals surface area contributed by atoms with Crippen molar-refractivity contribution in [2.24, 2.45) is 17.6 Å². The maximum atomic E-state index is 13.6. The summed E-state index contributed by atoms with van der Waals surface area (Å²) in [5, 5.41) is 23.0. The molecule has 0 aliphatic heterocycles. The molecule has 12 nitrogen and oxygen atoms in total. The van der Waals surface area contributed by atoms with Gasteiger partial charge in [-0.15, -0.1) is 10.2 Å². The first-order valence-corrected chi connectivity index (χ1v) is 15.6. The molecular weight excluding hydrogens is 582 g/mol. The third kappa shape index (κ3) is 8.61. The van der Waals surface area contributed by atoms with Crippen molar-refractivity contribution in [3.63, 3.8) is 0 Å². The largest absolute Gasteiger partial charge is 0.344 e. The predicted molar refractivity (Wildman–Crippen MR) is 177 cm³/mol. The Balaban J connectivity index is 1.31. The van der Waals surface area contributed by atoms with E-state index in [1.165, 1.54) is 0 Å². The minimum absolute atomic E-state index is 0.0976. The number of rotatable bonds is 12. The number of nitrogens with zero attached hydrogens (tertiary/aromatic N) is 4. The second-order valence-electron chi connectivity index (χ2n) is 12.0. The molecule has 1 saturated carbocycles. The smallest absolute Gasteiger partial charge is 0.247 e. The summed E-state index contributed by atoms with van der Waals surface area (Å²) in [6, 6.07) is 21.8. The highest BCUT2D eigenvalue weighted by Gasteiger charge is 2.29. The van der Waals surface area contributed by atoms with Gasteiger partial charge in [0.05, 0.1) is 6.54 Å². The number of amides is 3. The lowest BCUT2D eigenvalue weighted by Gasteiger charge is -2.28. The van der Waals surface area contributed by atoms with Crippen molar-refractivity contribution in [2.45, 2.75) is 38.1 Å². The van der Waals surface area contributed by atoms with Crippen molar-refractivity contribution in [3.8, 4) is 22.5 Å². The Morgan fingerprint density at radius 3 is 2.26 bits per heavy atom. The molecule has 1 aromatic heterocycles. The molecule has 240 valence electrons. The van der Waals surface area contributed by atoms with Crippen molar-refractivity contribution in [1.82, 2.24) is 30.8 Å². The Morgan fingerprint density at radius 2 is 1.61 bits per heavy atom. The maximum absolute atomic E-state index is 13.6. The first kappa shape index (κ1) is 32.5. The quantitative estimate of drug-likeness (QED) is 0.160. The Hall–Kier alpha value is -4.94.